The minimum Gasteiger partial charge on any atom is -0.337 e. The number of aryl methyl sites for hydroxylation is 2. The fourth-order valence-corrected chi connectivity index (χ4v) is 5.82. The average Bonchev–Trinajstić information content (AvgIpc) is 3.51. The molecule has 2 aromatic carbocycles. The molecule has 0 aliphatic carbocycles. The Morgan fingerprint density at radius 2 is 1.91 bits per heavy atom. The van der Waals surface area contributed by atoms with E-state index >= 15 is 0 Å². The number of hydrogen-bond acceptors (Lipinski definition) is 6. The number of hydrogen-bond donors (Lipinski definition) is 0. The molecule has 0 bridgehead atoms. The van der Waals surface area contributed by atoms with Crippen molar-refractivity contribution in [3.05, 3.63) is 72.3 Å². The summed E-state index contributed by atoms with van der Waals surface area (Å²) in [7, 11) is -3.40. The van der Waals surface area contributed by atoms with Crippen LogP contribution in [-0.4, -0.2) is 40.7 Å². The first-order chi connectivity index (χ1) is 16.3. The van der Waals surface area contributed by atoms with Crippen molar-refractivity contribution in [2.75, 3.05) is 11.4 Å². The molecular formula is C25H28N4O3S2. The zero-order valence-electron chi connectivity index (χ0n) is 19.5. The topological polar surface area (TPSA) is 85.2 Å². The van der Waals surface area contributed by atoms with Gasteiger partial charge in [-0.25, -0.2) is 18.4 Å². The largest absolute Gasteiger partial charge is 0.337 e. The number of carbonyl (C=O) groups excluding carboxylic acids is 1. The lowest BCUT2D eigenvalue weighted by Crippen LogP contribution is -2.32. The van der Waals surface area contributed by atoms with Crippen LogP contribution in [0.4, 0.5) is 5.13 Å². The van der Waals surface area contributed by atoms with Gasteiger partial charge in [0.15, 0.2) is 15.0 Å². The van der Waals surface area contributed by atoms with E-state index in [9.17, 15) is 13.2 Å². The fraction of sp³-hybridized carbons (Fsp3) is 0.320. The van der Waals surface area contributed by atoms with E-state index in [2.05, 4.69) is 18.0 Å². The number of amides is 1. The van der Waals surface area contributed by atoms with Gasteiger partial charge < -0.3 is 4.57 Å². The van der Waals surface area contributed by atoms with Crippen LogP contribution in [0.3, 0.4) is 0 Å². The van der Waals surface area contributed by atoms with Crippen molar-refractivity contribution in [2.24, 2.45) is 0 Å². The van der Waals surface area contributed by atoms with Crippen molar-refractivity contribution in [3.63, 3.8) is 0 Å². The third-order valence-electron chi connectivity index (χ3n) is 5.76. The van der Waals surface area contributed by atoms with Gasteiger partial charge in [0.2, 0.25) is 0 Å². The Bertz CT molecular complexity index is 1380. The molecule has 2 aromatic heterocycles. The highest BCUT2D eigenvalue weighted by Crippen LogP contribution is 2.32. The summed E-state index contributed by atoms with van der Waals surface area (Å²) in [6, 6.07) is 12.3. The predicted molar refractivity (Wildman–Crippen MR) is 136 cm³/mol. The van der Waals surface area contributed by atoms with Gasteiger partial charge in [0.1, 0.15) is 0 Å². The first-order valence-corrected chi connectivity index (χ1v) is 13.7. The van der Waals surface area contributed by atoms with E-state index in [0.717, 1.165) is 35.2 Å². The molecule has 0 fully saturated rings. The van der Waals surface area contributed by atoms with Crippen molar-refractivity contribution in [1.29, 1.82) is 0 Å². The third-order valence-corrected chi connectivity index (χ3v) is 8.97. The van der Waals surface area contributed by atoms with Gasteiger partial charge in [-0.05, 0) is 62.6 Å². The standard InChI is InChI=1S/C25H28N4O3S2/c1-4-19-7-5-8-22-23(19)27-25(33-22)29(15-6-14-28-16-13-26-17-28)24(30)20-9-11-21(12-10-20)34(31,32)18(2)3/h5,7-13,16-18H,4,6,14-15H2,1-3H3. The van der Waals surface area contributed by atoms with Crippen LogP contribution in [0.5, 0.6) is 0 Å². The lowest BCUT2D eigenvalue weighted by molar-refractivity contribution is 0.0986. The van der Waals surface area contributed by atoms with Crippen molar-refractivity contribution in [2.45, 2.75) is 50.3 Å². The first kappa shape index (κ1) is 24.1. The van der Waals surface area contributed by atoms with E-state index in [0.29, 0.717) is 17.2 Å². The first-order valence-electron chi connectivity index (χ1n) is 11.3. The molecule has 0 saturated heterocycles. The molecule has 4 aromatic rings. The van der Waals surface area contributed by atoms with Gasteiger partial charge in [0.25, 0.3) is 5.91 Å². The predicted octanol–water partition coefficient (Wildman–Crippen LogP) is 4.97. The number of imidazole rings is 1. The molecule has 9 heteroatoms. The van der Waals surface area contributed by atoms with Crippen molar-refractivity contribution in [3.8, 4) is 0 Å². The monoisotopic (exact) mass is 496 g/mol. The molecule has 0 N–H and O–H groups in total. The van der Waals surface area contributed by atoms with Crippen LogP contribution in [0.25, 0.3) is 10.2 Å². The number of carbonyl (C=O) groups is 1. The second kappa shape index (κ2) is 10.1. The molecule has 7 nitrogen and oxygen atoms in total. The molecule has 0 unspecified atom stereocenters. The molecule has 34 heavy (non-hydrogen) atoms. The van der Waals surface area contributed by atoms with Crippen LogP contribution in [0.1, 0.15) is 43.1 Å². The lowest BCUT2D eigenvalue weighted by atomic mass is 10.1. The highest BCUT2D eigenvalue weighted by molar-refractivity contribution is 7.92. The quantitative estimate of drug-likeness (QED) is 0.326. The zero-order chi connectivity index (χ0) is 24.3. The summed E-state index contributed by atoms with van der Waals surface area (Å²) in [6.07, 6.45) is 6.96. The maximum Gasteiger partial charge on any atom is 0.260 e. The van der Waals surface area contributed by atoms with Crippen LogP contribution in [-0.2, 0) is 22.8 Å². The molecule has 1 amide bonds. The Balaban J connectivity index is 1.65. The maximum atomic E-state index is 13.6. The van der Waals surface area contributed by atoms with Gasteiger partial charge in [-0.2, -0.15) is 0 Å². The Labute approximate surface area is 204 Å². The van der Waals surface area contributed by atoms with Gasteiger partial charge in [0.05, 0.1) is 26.7 Å². The van der Waals surface area contributed by atoms with Crippen molar-refractivity contribution in [1.82, 2.24) is 14.5 Å². The zero-order valence-corrected chi connectivity index (χ0v) is 21.1. The van der Waals surface area contributed by atoms with Crippen LogP contribution >= 0.6 is 11.3 Å². The summed E-state index contributed by atoms with van der Waals surface area (Å²) in [5.41, 5.74) is 2.50. The second-order valence-corrected chi connectivity index (χ2v) is 11.9. The molecule has 0 saturated carbocycles. The summed E-state index contributed by atoms with van der Waals surface area (Å²) >= 11 is 1.50. The number of aromatic nitrogens is 3. The molecule has 2 heterocycles. The Morgan fingerprint density at radius 3 is 2.56 bits per heavy atom. The lowest BCUT2D eigenvalue weighted by Gasteiger charge is -2.20. The summed E-state index contributed by atoms with van der Waals surface area (Å²) in [5.74, 6) is -0.198. The molecular weight excluding hydrogens is 468 g/mol. The van der Waals surface area contributed by atoms with Gasteiger partial charge >= 0.3 is 0 Å². The van der Waals surface area contributed by atoms with E-state index in [1.165, 1.54) is 23.5 Å². The SMILES string of the molecule is CCc1cccc2sc(N(CCCn3ccnc3)C(=O)c3ccc(S(=O)(=O)C(C)C)cc3)nc12. The van der Waals surface area contributed by atoms with Gasteiger partial charge in [-0.3, -0.25) is 9.69 Å². The van der Waals surface area contributed by atoms with Crippen LogP contribution in [0.2, 0.25) is 0 Å². The van der Waals surface area contributed by atoms with E-state index in [-0.39, 0.29) is 10.8 Å². The van der Waals surface area contributed by atoms with E-state index < -0.39 is 15.1 Å². The van der Waals surface area contributed by atoms with Crippen molar-refractivity contribution < 1.29 is 13.2 Å². The van der Waals surface area contributed by atoms with Crippen LogP contribution in [0.15, 0.2) is 66.1 Å². The second-order valence-electron chi connectivity index (χ2n) is 8.34. The number of sulfone groups is 1. The number of para-hydroxylation sites is 1. The smallest absolute Gasteiger partial charge is 0.260 e. The normalized spacial score (nSPS) is 11.9. The maximum absolute atomic E-state index is 13.6. The van der Waals surface area contributed by atoms with E-state index in [1.807, 2.05) is 22.9 Å². The Hall–Kier alpha value is -3.04. The molecule has 0 aliphatic heterocycles. The molecule has 0 radical (unpaired) electrons. The van der Waals surface area contributed by atoms with Gasteiger partial charge in [0, 0.05) is 31.0 Å². The third kappa shape index (κ3) is 4.90. The summed E-state index contributed by atoms with van der Waals surface area (Å²) in [5, 5.41) is 0.120. The number of thiazole rings is 1. The number of nitrogens with zero attached hydrogens (tertiary/aromatic N) is 4. The number of fused-ring (bicyclic) bond motifs is 1. The van der Waals surface area contributed by atoms with Crippen LogP contribution in [0, 0.1) is 0 Å². The Morgan fingerprint density at radius 1 is 1.15 bits per heavy atom. The van der Waals surface area contributed by atoms with E-state index in [4.69, 9.17) is 4.98 Å². The fourth-order valence-electron chi connectivity index (χ4n) is 3.72. The number of benzene rings is 2. The highest BCUT2D eigenvalue weighted by Gasteiger charge is 2.24. The molecule has 0 atom stereocenters. The van der Waals surface area contributed by atoms with Gasteiger partial charge in [-0.1, -0.05) is 30.4 Å². The minimum absolute atomic E-state index is 0.198. The number of anilines is 1. The number of rotatable bonds is 9. The van der Waals surface area contributed by atoms with Crippen LogP contribution < -0.4 is 4.90 Å². The average molecular weight is 497 g/mol. The summed E-state index contributed by atoms with van der Waals surface area (Å²) in [6.45, 7) is 6.58. The minimum atomic E-state index is -3.40. The van der Waals surface area contributed by atoms with Gasteiger partial charge in [-0.15, -0.1) is 0 Å². The highest BCUT2D eigenvalue weighted by atomic mass is 32.2. The molecule has 0 aliphatic rings. The summed E-state index contributed by atoms with van der Waals surface area (Å²) < 4.78 is 28.0. The van der Waals surface area contributed by atoms with Crippen molar-refractivity contribution >= 4 is 42.4 Å². The van der Waals surface area contributed by atoms with E-state index in [1.54, 1.807) is 43.4 Å². The Kier molecular flexibility index (Phi) is 7.13. The molecule has 4 rings (SSSR count). The molecule has 0 spiro atoms. The summed E-state index contributed by atoms with van der Waals surface area (Å²) in [4.78, 5) is 24.4. The molecule has 178 valence electrons.